The molecule has 1 aliphatic heterocycles. The minimum Gasteiger partial charge on any atom is -0.264 e. The fourth-order valence-corrected chi connectivity index (χ4v) is 3.09. The number of benzene rings is 1. The molecule has 0 saturated heterocycles. The maximum atomic E-state index is 6.41. The van der Waals surface area contributed by atoms with Crippen molar-refractivity contribution in [2.75, 3.05) is 0 Å². The summed E-state index contributed by atoms with van der Waals surface area (Å²) in [6.07, 6.45) is 5.94. The van der Waals surface area contributed by atoms with Crippen LogP contribution in [-0.4, -0.2) is 16.2 Å². The lowest BCUT2D eigenvalue weighted by Gasteiger charge is -2.13. The molecule has 23 heavy (non-hydrogen) atoms. The molecule has 1 aromatic heterocycles. The molecule has 2 heterocycles. The van der Waals surface area contributed by atoms with Crippen LogP contribution in [0.5, 0.6) is 0 Å². The van der Waals surface area contributed by atoms with Crippen molar-refractivity contribution in [3.8, 4) is 0 Å². The highest BCUT2D eigenvalue weighted by molar-refractivity contribution is 6.36. The van der Waals surface area contributed by atoms with E-state index >= 15 is 0 Å². The van der Waals surface area contributed by atoms with Crippen LogP contribution < -0.4 is 0 Å². The first-order valence-electron chi connectivity index (χ1n) is 6.91. The monoisotopic (exact) mass is 363 g/mol. The zero-order valence-corrected chi connectivity index (χ0v) is 14.5. The van der Waals surface area contributed by atoms with Gasteiger partial charge in [0, 0.05) is 34.2 Å². The van der Waals surface area contributed by atoms with Gasteiger partial charge in [-0.2, -0.15) is 0 Å². The summed E-state index contributed by atoms with van der Waals surface area (Å²) in [5, 5.41) is 1.38. The molecular weight excluding hydrogens is 353 g/mol. The lowest BCUT2D eigenvalue weighted by molar-refractivity contribution is 1.14. The molecule has 0 bridgehead atoms. The topological polar surface area (TPSA) is 38.1 Å². The maximum Gasteiger partial charge on any atom is 0.222 e. The Hall–Kier alpha value is -1.68. The van der Waals surface area contributed by atoms with Crippen LogP contribution in [0.25, 0.3) is 11.1 Å². The summed E-state index contributed by atoms with van der Waals surface area (Å²) in [4.78, 5) is 12.6. The van der Waals surface area contributed by atoms with Gasteiger partial charge in [0.15, 0.2) is 0 Å². The van der Waals surface area contributed by atoms with Gasteiger partial charge in [0.2, 0.25) is 5.28 Å². The molecule has 3 nitrogen and oxygen atoms in total. The van der Waals surface area contributed by atoms with E-state index in [4.69, 9.17) is 34.8 Å². The zero-order valence-electron chi connectivity index (χ0n) is 12.2. The second kappa shape index (κ2) is 6.83. The van der Waals surface area contributed by atoms with E-state index in [0.717, 1.165) is 22.3 Å². The van der Waals surface area contributed by atoms with Crippen molar-refractivity contribution in [3.63, 3.8) is 0 Å². The molecule has 6 heteroatoms. The Kier molecular flexibility index (Phi) is 4.81. The van der Waals surface area contributed by atoms with Gasteiger partial charge in [-0.1, -0.05) is 34.8 Å². The number of rotatable bonds is 2. The molecule has 0 saturated carbocycles. The fraction of sp³-hybridized carbons (Fsp3) is 0.118. The third-order valence-electron chi connectivity index (χ3n) is 3.44. The standard InChI is InChI=1S/C17H12Cl3N3/c1-10-6-13(12-3-2-11(18)7-15(12)19)14(9-21-8-10)16-4-5-22-17(20)23-16/h2-5,7-9H,6H2,1H3. The lowest BCUT2D eigenvalue weighted by atomic mass is 9.93. The van der Waals surface area contributed by atoms with Crippen molar-refractivity contribution in [1.82, 2.24) is 9.97 Å². The van der Waals surface area contributed by atoms with Gasteiger partial charge in [-0.3, -0.25) is 4.99 Å². The molecule has 0 unspecified atom stereocenters. The Morgan fingerprint density at radius 2 is 1.91 bits per heavy atom. The third kappa shape index (κ3) is 3.63. The van der Waals surface area contributed by atoms with Gasteiger partial charge >= 0.3 is 0 Å². The first-order valence-corrected chi connectivity index (χ1v) is 8.04. The van der Waals surface area contributed by atoms with Crippen molar-refractivity contribution < 1.29 is 0 Å². The molecule has 0 aliphatic carbocycles. The normalized spacial score (nSPS) is 14.7. The van der Waals surface area contributed by atoms with Crippen LogP contribution in [0.3, 0.4) is 0 Å². The smallest absolute Gasteiger partial charge is 0.222 e. The van der Waals surface area contributed by atoms with Gasteiger partial charge in [-0.15, -0.1) is 0 Å². The number of aliphatic imine (C=N–C) groups is 1. The Morgan fingerprint density at radius 3 is 2.65 bits per heavy atom. The van der Waals surface area contributed by atoms with Crippen molar-refractivity contribution in [3.05, 3.63) is 68.8 Å². The SMILES string of the molecule is CC1=CN=CC(c2ccnc(Cl)n2)=C(c2ccc(Cl)cc2Cl)C1. The summed E-state index contributed by atoms with van der Waals surface area (Å²) in [5.74, 6) is 0. The third-order valence-corrected chi connectivity index (χ3v) is 4.17. The maximum absolute atomic E-state index is 6.41. The minimum atomic E-state index is 0.193. The number of hydrogen-bond acceptors (Lipinski definition) is 3. The van der Waals surface area contributed by atoms with E-state index in [1.165, 1.54) is 0 Å². The molecule has 0 spiro atoms. The molecule has 2 aromatic rings. The summed E-state index contributed by atoms with van der Waals surface area (Å²) in [7, 11) is 0. The Bertz CT molecular complexity index is 854. The molecular formula is C17H12Cl3N3. The predicted molar refractivity (Wildman–Crippen MR) is 97.2 cm³/mol. The number of halogens is 3. The number of nitrogens with zero attached hydrogens (tertiary/aromatic N) is 3. The van der Waals surface area contributed by atoms with Crippen LogP contribution in [0.2, 0.25) is 15.3 Å². The molecule has 116 valence electrons. The molecule has 1 aromatic carbocycles. The molecule has 0 atom stereocenters. The van der Waals surface area contributed by atoms with Crippen LogP contribution in [0.4, 0.5) is 0 Å². The van der Waals surface area contributed by atoms with Gasteiger partial charge in [0.05, 0.1) is 5.69 Å². The van der Waals surface area contributed by atoms with E-state index in [1.54, 1.807) is 24.5 Å². The summed E-state index contributed by atoms with van der Waals surface area (Å²) < 4.78 is 0. The highest BCUT2D eigenvalue weighted by atomic mass is 35.5. The van der Waals surface area contributed by atoms with Crippen LogP contribution in [0.1, 0.15) is 24.6 Å². The largest absolute Gasteiger partial charge is 0.264 e. The van der Waals surface area contributed by atoms with E-state index in [1.807, 2.05) is 25.3 Å². The molecule has 0 radical (unpaired) electrons. The zero-order chi connectivity index (χ0) is 16.4. The van der Waals surface area contributed by atoms with Crippen LogP contribution >= 0.6 is 34.8 Å². The van der Waals surface area contributed by atoms with E-state index in [9.17, 15) is 0 Å². The van der Waals surface area contributed by atoms with Crippen molar-refractivity contribution >= 4 is 52.2 Å². The first-order chi connectivity index (χ1) is 11.0. The fourth-order valence-electron chi connectivity index (χ4n) is 2.42. The highest BCUT2D eigenvalue weighted by Crippen LogP contribution is 2.36. The second-order valence-corrected chi connectivity index (χ2v) is 6.34. The average molecular weight is 365 g/mol. The number of allylic oxidation sites excluding steroid dienone is 3. The van der Waals surface area contributed by atoms with Gasteiger partial charge in [-0.25, -0.2) is 9.97 Å². The summed E-state index contributed by atoms with van der Waals surface area (Å²) >= 11 is 18.4. The van der Waals surface area contributed by atoms with Gasteiger partial charge in [-0.05, 0) is 54.3 Å². The quantitative estimate of drug-likeness (QED) is 0.639. The predicted octanol–water partition coefficient (Wildman–Crippen LogP) is 5.73. The van der Waals surface area contributed by atoms with E-state index in [0.29, 0.717) is 22.2 Å². The molecule has 1 aliphatic rings. The molecule has 0 amide bonds. The van der Waals surface area contributed by atoms with Crippen molar-refractivity contribution in [2.45, 2.75) is 13.3 Å². The van der Waals surface area contributed by atoms with Gasteiger partial charge < -0.3 is 0 Å². The van der Waals surface area contributed by atoms with Crippen molar-refractivity contribution in [2.24, 2.45) is 4.99 Å². The molecule has 0 fully saturated rings. The Balaban J connectivity index is 2.24. The number of aromatic nitrogens is 2. The summed E-state index contributed by atoms with van der Waals surface area (Å²) in [5.41, 5.74) is 4.63. The van der Waals surface area contributed by atoms with Gasteiger partial charge in [0.25, 0.3) is 0 Å². The van der Waals surface area contributed by atoms with E-state index in [2.05, 4.69) is 15.0 Å². The summed E-state index contributed by atoms with van der Waals surface area (Å²) in [6, 6.07) is 7.27. The summed E-state index contributed by atoms with van der Waals surface area (Å²) in [6.45, 7) is 2.02. The first kappa shape index (κ1) is 16.2. The van der Waals surface area contributed by atoms with Crippen LogP contribution in [0.15, 0.2) is 47.2 Å². The van der Waals surface area contributed by atoms with E-state index in [-0.39, 0.29) is 5.28 Å². The molecule has 3 rings (SSSR count). The van der Waals surface area contributed by atoms with Gasteiger partial charge in [0.1, 0.15) is 0 Å². The Labute approximate surface area is 149 Å². The Morgan fingerprint density at radius 1 is 1.09 bits per heavy atom. The molecule has 0 N–H and O–H groups in total. The van der Waals surface area contributed by atoms with E-state index < -0.39 is 0 Å². The second-order valence-electron chi connectivity index (χ2n) is 5.16. The minimum absolute atomic E-state index is 0.193. The van der Waals surface area contributed by atoms with Crippen molar-refractivity contribution in [1.29, 1.82) is 0 Å². The number of hydrogen-bond donors (Lipinski definition) is 0. The van der Waals surface area contributed by atoms with Crippen LogP contribution in [-0.2, 0) is 0 Å². The van der Waals surface area contributed by atoms with Crippen LogP contribution in [0, 0.1) is 0 Å². The average Bonchev–Trinajstić information content (AvgIpc) is 2.69. The lowest BCUT2D eigenvalue weighted by Crippen LogP contribution is -1.98. The highest BCUT2D eigenvalue weighted by Gasteiger charge is 2.17.